The first kappa shape index (κ1) is 27.7. The second-order valence-electron chi connectivity index (χ2n) is 10.4. The molecule has 3 atom stereocenters. The van der Waals surface area contributed by atoms with E-state index in [0.717, 1.165) is 6.07 Å². The highest BCUT2D eigenvalue weighted by Gasteiger charge is 2.59. The van der Waals surface area contributed by atoms with E-state index < -0.39 is 40.8 Å². The van der Waals surface area contributed by atoms with Crippen LogP contribution in [0.3, 0.4) is 0 Å². The molecule has 10 heteroatoms. The van der Waals surface area contributed by atoms with Crippen molar-refractivity contribution in [3.63, 3.8) is 0 Å². The van der Waals surface area contributed by atoms with Crippen molar-refractivity contribution in [1.29, 1.82) is 0 Å². The van der Waals surface area contributed by atoms with Crippen LogP contribution in [-0.4, -0.2) is 23.3 Å². The number of aromatic nitrogens is 2. The molecule has 5 nitrogen and oxygen atoms in total. The number of amidine groups is 1. The Balaban J connectivity index is 1.62. The fourth-order valence-electron chi connectivity index (χ4n) is 6.24. The molecule has 40 heavy (non-hydrogen) atoms. The summed E-state index contributed by atoms with van der Waals surface area (Å²) in [6, 6.07) is 13.0. The lowest BCUT2D eigenvalue weighted by molar-refractivity contribution is -0.756. The van der Waals surface area contributed by atoms with Gasteiger partial charge in [-0.2, -0.15) is 27.3 Å². The number of pyridine rings is 2. The maximum atomic E-state index is 15.3. The van der Waals surface area contributed by atoms with Gasteiger partial charge in [-0.3, -0.25) is 0 Å². The van der Waals surface area contributed by atoms with Gasteiger partial charge in [0.15, 0.2) is 24.5 Å². The number of aliphatic imine (C=N–C) groups is 1. The predicted octanol–water partition coefficient (Wildman–Crippen LogP) is 6.22. The number of aryl methyl sites for hydroxylation is 1. The lowest BCUT2D eigenvalue weighted by atomic mass is 9.59. The van der Waals surface area contributed by atoms with E-state index in [-0.39, 0.29) is 6.54 Å². The van der Waals surface area contributed by atoms with E-state index in [9.17, 15) is 17.6 Å². The SMILES string of the molecule is CCC1(C)c2cc(F)cc(F)c2-c2cccc[n+]2C1(C=CC[N+]1=NC(C(F)(F)F)=NC1c1cccc[n+]1C)CC. The van der Waals surface area contributed by atoms with Crippen LogP contribution >= 0.6 is 0 Å². The van der Waals surface area contributed by atoms with Gasteiger partial charge in [0.2, 0.25) is 5.69 Å². The Hall–Kier alpha value is -3.82. The zero-order valence-corrected chi connectivity index (χ0v) is 22.8. The molecule has 0 amide bonds. The number of alkyl halides is 3. The highest BCUT2D eigenvalue weighted by molar-refractivity contribution is 5.88. The zero-order valence-electron chi connectivity index (χ0n) is 22.8. The molecular formula is C30H31F5N5+3. The van der Waals surface area contributed by atoms with Crippen LogP contribution in [-0.2, 0) is 18.0 Å². The minimum atomic E-state index is -4.69. The number of benzene rings is 1. The molecule has 208 valence electrons. The average Bonchev–Trinajstić information content (AvgIpc) is 3.35. The number of hydrogen-bond donors (Lipinski definition) is 0. The van der Waals surface area contributed by atoms with Gasteiger partial charge in [0.25, 0.3) is 5.69 Å². The number of hydrogen-bond acceptors (Lipinski definition) is 2. The Bertz CT molecular complexity index is 1560. The fourth-order valence-corrected chi connectivity index (χ4v) is 6.24. The summed E-state index contributed by atoms with van der Waals surface area (Å²) in [5, 5.41) is 3.84. The van der Waals surface area contributed by atoms with Gasteiger partial charge in [0, 0.05) is 41.9 Å². The molecule has 2 aromatic heterocycles. The summed E-state index contributed by atoms with van der Waals surface area (Å²) in [4.78, 5) is 3.91. The van der Waals surface area contributed by atoms with Crippen LogP contribution in [0.15, 0.2) is 83.2 Å². The second kappa shape index (κ2) is 9.98. The van der Waals surface area contributed by atoms with Crippen LogP contribution in [0.2, 0.25) is 0 Å². The van der Waals surface area contributed by atoms with Crippen molar-refractivity contribution in [2.24, 2.45) is 17.2 Å². The van der Waals surface area contributed by atoms with Crippen LogP contribution in [0.4, 0.5) is 22.0 Å². The van der Waals surface area contributed by atoms with E-state index in [4.69, 9.17) is 0 Å². The van der Waals surface area contributed by atoms with Gasteiger partial charge in [-0.05, 0) is 49.3 Å². The van der Waals surface area contributed by atoms with E-state index in [1.165, 1.54) is 10.8 Å². The van der Waals surface area contributed by atoms with Crippen LogP contribution in [0.25, 0.3) is 11.3 Å². The number of azo groups is 2. The van der Waals surface area contributed by atoms with Gasteiger partial charge in [0.1, 0.15) is 18.7 Å². The van der Waals surface area contributed by atoms with E-state index >= 15 is 4.39 Å². The minimum Gasteiger partial charge on any atom is -0.207 e. The molecule has 0 radical (unpaired) electrons. The summed E-state index contributed by atoms with van der Waals surface area (Å²) in [5.41, 5.74) is 0.573. The highest BCUT2D eigenvalue weighted by atomic mass is 19.4. The highest BCUT2D eigenvalue weighted by Crippen LogP contribution is 2.51. The topological polar surface area (TPSA) is 35.5 Å². The maximum Gasteiger partial charge on any atom is 0.457 e. The standard InChI is InChI=1S/C30H31F5N5/c1-5-28(3)21-18-20(31)19-22(32)25(21)23-12-8-10-16-39(23)29(28,6-2)14-11-17-40-26(24-13-7-9-15-38(24)4)36-27(37-40)30(33,34)35/h7-16,18-19,26H,5-6,17H2,1-4H3/q+3. The van der Waals surface area contributed by atoms with Gasteiger partial charge in [-0.1, -0.05) is 18.5 Å². The van der Waals surface area contributed by atoms with Crippen molar-refractivity contribution < 1.29 is 35.8 Å². The summed E-state index contributed by atoms with van der Waals surface area (Å²) < 4.78 is 75.8. The molecule has 0 aliphatic carbocycles. The molecule has 3 aromatic rings. The molecular weight excluding hydrogens is 525 g/mol. The first-order valence-corrected chi connectivity index (χ1v) is 13.2. The average molecular weight is 557 g/mol. The summed E-state index contributed by atoms with van der Waals surface area (Å²) in [7, 11) is 1.74. The number of halogens is 5. The fraction of sp³-hybridized carbons (Fsp3) is 0.367. The van der Waals surface area contributed by atoms with Crippen molar-refractivity contribution in [2.45, 2.75) is 56.9 Å². The Morgan fingerprint density at radius 2 is 1.73 bits per heavy atom. The smallest absolute Gasteiger partial charge is 0.207 e. The molecule has 0 fully saturated rings. The summed E-state index contributed by atoms with van der Waals surface area (Å²) in [6.45, 7) is 6.00. The molecule has 0 saturated heterocycles. The number of allylic oxidation sites excluding steroid dienone is 1. The van der Waals surface area contributed by atoms with Gasteiger partial charge in [-0.15, -0.1) is 0 Å². The molecule has 4 heterocycles. The third-order valence-corrected chi connectivity index (χ3v) is 8.45. The number of rotatable bonds is 6. The van der Waals surface area contributed by atoms with Gasteiger partial charge >= 0.3 is 18.2 Å². The lowest BCUT2D eigenvalue weighted by Gasteiger charge is -2.46. The van der Waals surface area contributed by atoms with Crippen LogP contribution < -0.4 is 9.13 Å². The minimum absolute atomic E-state index is 0.0390. The Morgan fingerprint density at radius 3 is 2.40 bits per heavy atom. The Morgan fingerprint density at radius 1 is 1.00 bits per heavy atom. The molecule has 2 aliphatic rings. The molecule has 0 bridgehead atoms. The van der Waals surface area contributed by atoms with Crippen LogP contribution in [0.1, 0.15) is 51.0 Å². The molecule has 0 N–H and O–H groups in total. The summed E-state index contributed by atoms with van der Waals surface area (Å²) >= 11 is 0. The van der Waals surface area contributed by atoms with Crippen LogP contribution in [0, 0.1) is 11.6 Å². The largest absolute Gasteiger partial charge is 0.457 e. The lowest BCUT2D eigenvalue weighted by Crippen LogP contribution is -2.68. The molecule has 0 saturated carbocycles. The van der Waals surface area contributed by atoms with Gasteiger partial charge in [-0.25, -0.2) is 8.78 Å². The van der Waals surface area contributed by atoms with Crippen molar-refractivity contribution in [3.05, 3.63) is 96.0 Å². The maximum absolute atomic E-state index is 15.3. The molecule has 3 unspecified atom stereocenters. The van der Waals surface area contributed by atoms with E-state index in [1.54, 1.807) is 54.2 Å². The summed E-state index contributed by atoms with van der Waals surface area (Å²) in [6.07, 6.45) is 2.83. The first-order valence-electron chi connectivity index (χ1n) is 13.2. The van der Waals surface area contributed by atoms with E-state index in [2.05, 4.69) is 10.1 Å². The van der Waals surface area contributed by atoms with E-state index in [0.29, 0.717) is 35.4 Å². The van der Waals surface area contributed by atoms with Gasteiger partial charge < -0.3 is 0 Å². The van der Waals surface area contributed by atoms with E-state index in [1.807, 2.05) is 43.7 Å². The normalized spacial score (nSPS) is 24.1. The summed E-state index contributed by atoms with van der Waals surface area (Å²) in [5.74, 6) is -2.47. The van der Waals surface area contributed by atoms with Crippen LogP contribution in [0.5, 0.6) is 0 Å². The predicted molar refractivity (Wildman–Crippen MR) is 138 cm³/mol. The molecule has 1 aromatic carbocycles. The third-order valence-electron chi connectivity index (χ3n) is 8.45. The number of fused-ring (bicyclic) bond motifs is 3. The van der Waals surface area contributed by atoms with Crippen molar-refractivity contribution in [1.82, 2.24) is 0 Å². The molecule has 0 spiro atoms. The molecule has 2 aliphatic heterocycles. The Labute approximate surface area is 229 Å². The van der Waals surface area contributed by atoms with Gasteiger partial charge in [0.05, 0.1) is 11.0 Å². The Kier molecular flexibility index (Phi) is 6.92. The third kappa shape index (κ3) is 4.24. The first-order chi connectivity index (χ1) is 19.0. The zero-order chi connectivity index (χ0) is 28.9. The quantitative estimate of drug-likeness (QED) is 0.196. The monoisotopic (exact) mass is 556 g/mol. The molecule has 5 rings (SSSR count). The number of nitrogens with zero attached hydrogens (tertiary/aromatic N) is 5. The second-order valence-corrected chi connectivity index (χ2v) is 10.4. The van der Waals surface area contributed by atoms with Crippen molar-refractivity contribution >= 4 is 5.84 Å². The van der Waals surface area contributed by atoms with Crippen molar-refractivity contribution in [2.75, 3.05) is 6.54 Å². The van der Waals surface area contributed by atoms with Crippen molar-refractivity contribution in [3.8, 4) is 11.3 Å².